The normalized spacial score (nSPS) is 11.3. The van der Waals surface area contributed by atoms with Crippen LogP contribution in [0.2, 0.25) is 0 Å². The maximum absolute atomic E-state index is 12.7. The van der Waals surface area contributed by atoms with Crippen LogP contribution in [0.4, 0.5) is 11.4 Å². The van der Waals surface area contributed by atoms with Gasteiger partial charge in [0.05, 0.1) is 35.1 Å². The van der Waals surface area contributed by atoms with Gasteiger partial charge in [0.2, 0.25) is 5.91 Å². The largest absolute Gasteiger partial charge is 0.495 e. The number of fused-ring (bicyclic) bond motifs is 1. The van der Waals surface area contributed by atoms with Crippen molar-refractivity contribution in [2.75, 3.05) is 17.1 Å². The highest BCUT2D eigenvalue weighted by Crippen LogP contribution is 2.29. The third kappa shape index (κ3) is 3.41. The number of ether oxygens (including phenoxy) is 1. The minimum absolute atomic E-state index is 0.00596. The van der Waals surface area contributed by atoms with Crippen LogP contribution in [0.15, 0.2) is 47.5 Å². The van der Waals surface area contributed by atoms with Crippen LogP contribution in [0.5, 0.6) is 5.75 Å². The number of para-hydroxylation sites is 1. The topological polar surface area (TPSA) is 113 Å². The number of aromatic amines is 1. The zero-order chi connectivity index (χ0) is 18.0. The van der Waals surface area contributed by atoms with E-state index in [2.05, 4.69) is 20.2 Å². The summed E-state index contributed by atoms with van der Waals surface area (Å²) in [5, 5.41) is 10.0. The molecule has 25 heavy (non-hydrogen) atoms. The molecule has 8 nitrogen and oxygen atoms in total. The molecule has 130 valence electrons. The first kappa shape index (κ1) is 16.8. The zero-order valence-electron chi connectivity index (χ0n) is 13.5. The number of H-pyrrole nitrogens is 1. The molecule has 0 aliphatic rings. The number of aromatic nitrogens is 2. The van der Waals surface area contributed by atoms with Gasteiger partial charge in [-0.05, 0) is 24.3 Å². The number of anilines is 2. The minimum Gasteiger partial charge on any atom is -0.495 e. The number of rotatable bonds is 5. The SMILES string of the molecule is COc1ccc(S(=O)(=O)Nc2cccc3cn[nH]c23)cc1NC(C)=O. The standard InChI is InChI=1S/C16H16N4O4S/c1-10(21)18-14-8-12(6-7-15(14)24-2)25(22,23)20-13-5-3-4-11-9-17-19-16(11)13/h3-9,20H,1-2H3,(H,17,19)(H,18,21). The lowest BCUT2D eigenvalue weighted by molar-refractivity contribution is -0.114. The lowest BCUT2D eigenvalue weighted by Gasteiger charge is -2.13. The Kier molecular flexibility index (Phi) is 4.32. The van der Waals surface area contributed by atoms with Crippen LogP contribution >= 0.6 is 0 Å². The van der Waals surface area contributed by atoms with Gasteiger partial charge in [-0.2, -0.15) is 5.10 Å². The van der Waals surface area contributed by atoms with Crippen LogP contribution in [0.25, 0.3) is 10.9 Å². The van der Waals surface area contributed by atoms with E-state index in [1.165, 1.54) is 32.2 Å². The average Bonchev–Trinajstić information content (AvgIpc) is 3.03. The monoisotopic (exact) mass is 360 g/mol. The lowest BCUT2D eigenvalue weighted by atomic mass is 10.2. The van der Waals surface area contributed by atoms with Crippen molar-refractivity contribution >= 4 is 38.2 Å². The highest BCUT2D eigenvalue weighted by Gasteiger charge is 2.18. The number of carbonyl (C=O) groups excluding carboxylic acids is 1. The molecule has 2 aromatic carbocycles. The average molecular weight is 360 g/mol. The van der Waals surface area contributed by atoms with Gasteiger partial charge in [0.25, 0.3) is 10.0 Å². The maximum Gasteiger partial charge on any atom is 0.262 e. The van der Waals surface area contributed by atoms with Crippen LogP contribution in [0, 0.1) is 0 Å². The third-order valence-corrected chi connectivity index (χ3v) is 4.88. The smallest absolute Gasteiger partial charge is 0.262 e. The van der Waals surface area contributed by atoms with Crippen molar-refractivity contribution in [3.05, 3.63) is 42.6 Å². The molecular weight excluding hydrogens is 344 g/mol. The van der Waals surface area contributed by atoms with E-state index < -0.39 is 10.0 Å². The Morgan fingerprint density at radius 3 is 2.72 bits per heavy atom. The number of carbonyl (C=O) groups is 1. The Balaban J connectivity index is 1.99. The van der Waals surface area contributed by atoms with Gasteiger partial charge in [-0.25, -0.2) is 8.42 Å². The summed E-state index contributed by atoms with van der Waals surface area (Å²) < 4.78 is 33.1. The van der Waals surface area contributed by atoms with E-state index in [0.717, 1.165) is 5.39 Å². The summed E-state index contributed by atoms with van der Waals surface area (Å²) in [4.78, 5) is 11.3. The van der Waals surface area contributed by atoms with Gasteiger partial charge in [0.1, 0.15) is 5.75 Å². The highest BCUT2D eigenvalue weighted by atomic mass is 32.2. The second kappa shape index (κ2) is 6.44. The van der Waals surface area contributed by atoms with Gasteiger partial charge in [-0.15, -0.1) is 0 Å². The molecule has 1 amide bonds. The van der Waals surface area contributed by atoms with Gasteiger partial charge < -0.3 is 10.1 Å². The quantitative estimate of drug-likeness (QED) is 0.646. The van der Waals surface area contributed by atoms with Gasteiger partial charge in [-0.3, -0.25) is 14.6 Å². The van der Waals surface area contributed by atoms with Gasteiger partial charge in [0.15, 0.2) is 0 Å². The van der Waals surface area contributed by atoms with Crippen molar-refractivity contribution in [3.63, 3.8) is 0 Å². The fourth-order valence-corrected chi connectivity index (χ4v) is 3.50. The fraction of sp³-hybridized carbons (Fsp3) is 0.125. The summed E-state index contributed by atoms with van der Waals surface area (Å²) in [6.45, 7) is 1.33. The van der Waals surface area contributed by atoms with E-state index in [4.69, 9.17) is 4.74 Å². The molecule has 1 heterocycles. The lowest BCUT2D eigenvalue weighted by Crippen LogP contribution is -2.14. The van der Waals surface area contributed by atoms with E-state index in [0.29, 0.717) is 17.0 Å². The number of hydrogen-bond acceptors (Lipinski definition) is 5. The molecule has 0 aliphatic heterocycles. The predicted molar refractivity (Wildman–Crippen MR) is 94.2 cm³/mol. The second-order valence-electron chi connectivity index (χ2n) is 5.29. The maximum atomic E-state index is 12.7. The Hall–Kier alpha value is -3.07. The van der Waals surface area contributed by atoms with Crippen LogP contribution in [0.1, 0.15) is 6.92 Å². The Morgan fingerprint density at radius 1 is 1.20 bits per heavy atom. The van der Waals surface area contributed by atoms with Crippen LogP contribution in [-0.2, 0) is 14.8 Å². The van der Waals surface area contributed by atoms with Crippen molar-refractivity contribution < 1.29 is 17.9 Å². The van der Waals surface area contributed by atoms with Crippen molar-refractivity contribution in [1.29, 1.82) is 0 Å². The number of nitrogens with one attached hydrogen (secondary N) is 3. The Bertz CT molecular complexity index is 1040. The predicted octanol–water partition coefficient (Wildman–Crippen LogP) is 2.33. The fourth-order valence-electron chi connectivity index (χ4n) is 2.40. The molecule has 0 saturated carbocycles. The summed E-state index contributed by atoms with van der Waals surface area (Å²) in [6.07, 6.45) is 1.61. The first-order valence-corrected chi connectivity index (χ1v) is 8.79. The third-order valence-electron chi connectivity index (χ3n) is 3.51. The number of nitrogens with zero attached hydrogens (tertiary/aromatic N) is 1. The van der Waals surface area contributed by atoms with Gasteiger partial charge in [-0.1, -0.05) is 12.1 Å². The number of methoxy groups -OCH3 is 1. The first-order valence-electron chi connectivity index (χ1n) is 7.31. The molecule has 0 aliphatic carbocycles. The zero-order valence-corrected chi connectivity index (χ0v) is 14.3. The van der Waals surface area contributed by atoms with Crippen LogP contribution in [-0.4, -0.2) is 31.6 Å². The molecule has 0 atom stereocenters. The molecule has 3 rings (SSSR count). The Labute approximate surface area is 144 Å². The van der Waals surface area contributed by atoms with Crippen molar-refractivity contribution in [1.82, 2.24) is 10.2 Å². The van der Waals surface area contributed by atoms with E-state index in [1.807, 2.05) is 6.07 Å². The number of sulfonamides is 1. The second-order valence-corrected chi connectivity index (χ2v) is 6.97. The molecule has 3 N–H and O–H groups in total. The number of amides is 1. The summed E-state index contributed by atoms with van der Waals surface area (Å²) in [5.74, 6) is 0.0351. The van der Waals surface area contributed by atoms with E-state index in [-0.39, 0.29) is 16.5 Å². The van der Waals surface area contributed by atoms with Crippen molar-refractivity contribution in [2.45, 2.75) is 11.8 Å². The molecule has 3 aromatic rings. The summed E-state index contributed by atoms with van der Waals surface area (Å²) in [5.41, 5.74) is 1.24. The Morgan fingerprint density at radius 2 is 2.00 bits per heavy atom. The molecule has 0 saturated heterocycles. The highest BCUT2D eigenvalue weighted by molar-refractivity contribution is 7.92. The molecule has 1 aromatic heterocycles. The molecule has 9 heteroatoms. The summed E-state index contributed by atoms with van der Waals surface area (Å²) in [6, 6.07) is 9.41. The van der Waals surface area contributed by atoms with E-state index >= 15 is 0 Å². The number of benzene rings is 2. The van der Waals surface area contributed by atoms with Crippen molar-refractivity contribution in [2.24, 2.45) is 0 Å². The molecule has 0 spiro atoms. The minimum atomic E-state index is -3.87. The summed E-state index contributed by atoms with van der Waals surface area (Å²) in [7, 11) is -2.43. The van der Waals surface area contributed by atoms with E-state index in [9.17, 15) is 13.2 Å². The molecule has 0 unspecified atom stereocenters. The van der Waals surface area contributed by atoms with Crippen LogP contribution in [0.3, 0.4) is 0 Å². The van der Waals surface area contributed by atoms with E-state index in [1.54, 1.807) is 18.3 Å². The first-order chi connectivity index (χ1) is 11.9. The number of hydrogen-bond donors (Lipinski definition) is 3. The van der Waals surface area contributed by atoms with Crippen LogP contribution < -0.4 is 14.8 Å². The van der Waals surface area contributed by atoms with Gasteiger partial charge >= 0.3 is 0 Å². The molecule has 0 bridgehead atoms. The van der Waals surface area contributed by atoms with Gasteiger partial charge in [0, 0.05) is 12.3 Å². The summed E-state index contributed by atoms with van der Waals surface area (Å²) >= 11 is 0. The molecule has 0 radical (unpaired) electrons. The molecule has 0 fully saturated rings. The molecular formula is C16H16N4O4S. The van der Waals surface area contributed by atoms with Crippen molar-refractivity contribution in [3.8, 4) is 5.75 Å².